The van der Waals surface area contributed by atoms with E-state index in [1.807, 2.05) is 18.2 Å². The van der Waals surface area contributed by atoms with E-state index in [1.165, 1.54) is 14.2 Å². The molecule has 1 aromatic rings. The Bertz CT molecular complexity index is 521. The van der Waals surface area contributed by atoms with Crippen LogP contribution in [0.15, 0.2) is 54.1 Å². The lowest BCUT2D eigenvalue weighted by molar-refractivity contribution is -0.0626. The minimum atomic E-state index is -1.03. The fraction of sp³-hybridized carbons (Fsp3) is 0.267. The Kier molecular flexibility index (Phi) is 3.95. The van der Waals surface area contributed by atoms with Crippen molar-refractivity contribution in [1.82, 2.24) is 0 Å². The van der Waals surface area contributed by atoms with Crippen LogP contribution in [0, 0.1) is 0 Å². The molecule has 2 N–H and O–H groups in total. The first-order valence-electron chi connectivity index (χ1n) is 5.98. The van der Waals surface area contributed by atoms with Crippen molar-refractivity contribution in [3.63, 3.8) is 0 Å². The molecule has 1 aliphatic rings. The third kappa shape index (κ3) is 2.66. The molecule has 4 heteroatoms. The summed E-state index contributed by atoms with van der Waals surface area (Å²) in [5.41, 5.74) is 6.18. The van der Waals surface area contributed by atoms with Crippen molar-refractivity contribution >= 4 is 5.78 Å². The summed E-state index contributed by atoms with van der Waals surface area (Å²) in [6, 6.07) is 9.08. The van der Waals surface area contributed by atoms with Gasteiger partial charge in [-0.05, 0) is 12.2 Å². The molecule has 100 valence electrons. The van der Waals surface area contributed by atoms with E-state index in [0.29, 0.717) is 11.1 Å². The molecule has 0 heterocycles. The number of ketones is 1. The minimum Gasteiger partial charge on any atom is -0.373 e. The van der Waals surface area contributed by atoms with Crippen LogP contribution in [0.25, 0.3) is 0 Å². The van der Waals surface area contributed by atoms with Crippen LogP contribution >= 0.6 is 0 Å². The molecule has 1 aromatic carbocycles. The predicted octanol–water partition coefficient (Wildman–Crippen LogP) is 1.68. The number of Topliss-reactive ketones (excluding diaryl/α,β-unsaturated/α-hetero) is 1. The van der Waals surface area contributed by atoms with E-state index in [1.54, 1.807) is 30.4 Å². The summed E-state index contributed by atoms with van der Waals surface area (Å²) in [6.45, 7) is 0. The van der Waals surface area contributed by atoms with E-state index in [0.717, 1.165) is 0 Å². The maximum Gasteiger partial charge on any atom is 0.192 e. The first-order valence-corrected chi connectivity index (χ1v) is 5.98. The summed E-state index contributed by atoms with van der Waals surface area (Å²) < 4.78 is 10.5. The highest BCUT2D eigenvalue weighted by Crippen LogP contribution is 2.24. The second-order valence-electron chi connectivity index (χ2n) is 4.36. The van der Waals surface area contributed by atoms with Gasteiger partial charge in [-0.25, -0.2) is 0 Å². The topological polar surface area (TPSA) is 61.5 Å². The number of carbonyl (C=O) groups is 1. The van der Waals surface area contributed by atoms with Gasteiger partial charge in [-0.15, -0.1) is 0 Å². The third-order valence-electron chi connectivity index (χ3n) is 3.20. The summed E-state index contributed by atoms with van der Waals surface area (Å²) in [5, 5.41) is 0. The molecule has 4 nitrogen and oxygen atoms in total. The predicted molar refractivity (Wildman–Crippen MR) is 72.7 cm³/mol. The number of allylic oxidation sites excluding steroid dienone is 2. The first-order chi connectivity index (χ1) is 9.10. The van der Waals surface area contributed by atoms with Gasteiger partial charge in [-0.3, -0.25) is 10.5 Å². The van der Waals surface area contributed by atoms with Gasteiger partial charge in [0.2, 0.25) is 0 Å². The zero-order valence-electron chi connectivity index (χ0n) is 11.0. The molecule has 0 aliphatic heterocycles. The number of nitrogens with two attached hydrogens (primary N) is 1. The van der Waals surface area contributed by atoms with E-state index in [4.69, 9.17) is 15.2 Å². The zero-order chi connectivity index (χ0) is 13.9. The van der Waals surface area contributed by atoms with Crippen LogP contribution in [-0.2, 0) is 9.47 Å². The smallest absolute Gasteiger partial charge is 0.192 e. The fourth-order valence-electron chi connectivity index (χ4n) is 2.01. The Morgan fingerprint density at radius 1 is 1.26 bits per heavy atom. The van der Waals surface area contributed by atoms with Crippen molar-refractivity contribution in [3.05, 3.63) is 59.7 Å². The highest BCUT2D eigenvalue weighted by molar-refractivity contribution is 6.10. The highest BCUT2D eigenvalue weighted by atomic mass is 16.5. The Balaban J connectivity index is 2.28. The zero-order valence-corrected chi connectivity index (χ0v) is 11.0. The Hall–Kier alpha value is -1.75. The molecule has 1 aliphatic carbocycles. The van der Waals surface area contributed by atoms with E-state index >= 15 is 0 Å². The number of ether oxygens (including phenoxy) is 2. The van der Waals surface area contributed by atoms with Gasteiger partial charge in [0.05, 0.1) is 0 Å². The van der Waals surface area contributed by atoms with Crippen LogP contribution < -0.4 is 5.73 Å². The van der Waals surface area contributed by atoms with E-state index in [2.05, 4.69) is 0 Å². The monoisotopic (exact) mass is 259 g/mol. The Morgan fingerprint density at radius 3 is 2.53 bits per heavy atom. The SMILES string of the molecule is COC1C=C(C(=O)c2ccccc2)C=CC1(N)OC. The molecule has 0 fully saturated rings. The van der Waals surface area contributed by atoms with Crippen LogP contribution in [0.5, 0.6) is 0 Å². The second-order valence-corrected chi connectivity index (χ2v) is 4.36. The summed E-state index contributed by atoms with van der Waals surface area (Å²) in [6.07, 6.45) is 4.52. The van der Waals surface area contributed by atoms with Gasteiger partial charge in [0.1, 0.15) is 6.10 Å². The maximum absolute atomic E-state index is 12.3. The summed E-state index contributed by atoms with van der Waals surface area (Å²) in [7, 11) is 3.04. The van der Waals surface area contributed by atoms with Crippen LogP contribution in [0.2, 0.25) is 0 Å². The molecule has 2 atom stereocenters. The molecule has 0 amide bonds. The van der Waals surface area contributed by atoms with Crippen LogP contribution in [0.4, 0.5) is 0 Å². The standard InChI is InChI=1S/C15H17NO3/c1-18-13-10-12(8-9-15(13,16)19-2)14(17)11-6-4-3-5-7-11/h3-10,13H,16H2,1-2H3. The van der Waals surface area contributed by atoms with Crippen molar-refractivity contribution in [2.24, 2.45) is 5.73 Å². The van der Waals surface area contributed by atoms with Gasteiger partial charge >= 0.3 is 0 Å². The molecule has 0 spiro atoms. The highest BCUT2D eigenvalue weighted by Gasteiger charge is 2.35. The quantitative estimate of drug-likeness (QED) is 0.660. The first kappa shape index (κ1) is 13.7. The molecule has 0 bridgehead atoms. The fourth-order valence-corrected chi connectivity index (χ4v) is 2.01. The van der Waals surface area contributed by atoms with Gasteiger partial charge in [-0.2, -0.15) is 0 Å². The average Bonchev–Trinajstić information content (AvgIpc) is 2.48. The second kappa shape index (κ2) is 5.48. The number of rotatable bonds is 4. The average molecular weight is 259 g/mol. The molecule has 0 saturated heterocycles. The lowest BCUT2D eigenvalue weighted by Crippen LogP contribution is -2.52. The number of benzene rings is 1. The number of methoxy groups -OCH3 is 2. The molecule has 0 aromatic heterocycles. The maximum atomic E-state index is 12.3. The lowest BCUT2D eigenvalue weighted by atomic mass is 9.92. The normalized spacial score (nSPS) is 26.1. The van der Waals surface area contributed by atoms with Crippen molar-refractivity contribution in [2.45, 2.75) is 11.8 Å². The molecule has 2 rings (SSSR count). The lowest BCUT2D eigenvalue weighted by Gasteiger charge is -2.33. The Morgan fingerprint density at radius 2 is 1.95 bits per heavy atom. The third-order valence-corrected chi connectivity index (χ3v) is 3.20. The van der Waals surface area contributed by atoms with Crippen molar-refractivity contribution in [1.29, 1.82) is 0 Å². The molecule has 19 heavy (non-hydrogen) atoms. The van der Waals surface area contributed by atoms with Crippen LogP contribution in [0.3, 0.4) is 0 Å². The van der Waals surface area contributed by atoms with Crippen molar-refractivity contribution < 1.29 is 14.3 Å². The molecule has 0 radical (unpaired) electrons. The molecule has 0 saturated carbocycles. The molecule has 2 unspecified atom stereocenters. The summed E-state index contributed by atoms with van der Waals surface area (Å²) in [5.74, 6) is -0.0583. The largest absolute Gasteiger partial charge is 0.373 e. The number of carbonyl (C=O) groups excluding carboxylic acids is 1. The van der Waals surface area contributed by atoms with E-state index < -0.39 is 11.8 Å². The van der Waals surface area contributed by atoms with Crippen molar-refractivity contribution in [3.8, 4) is 0 Å². The van der Waals surface area contributed by atoms with Crippen molar-refractivity contribution in [2.75, 3.05) is 14.2 Å². The van der Waals surface area contributed by atoms with Gasteiger partial charge in [-0.1, -0.05) is 36.4 Å². The Labute approximate surface area is 112 Å². The number of hydrogen-bond acceptors (Lipinski definition) is 4. The molecular formula is C15H17NO3. The summed E-state index contributed by atoms with van der Waals surface area (Å²) >= 11 is 0. The minimum absolute atomic E-state index is 0.0583. The van der Waals surface area contributed by atoms with Gasteiger partial charge < -0.3 is 9.47 Å². The van der Waals surface area contributed by atoms with Crippen LogP contribution in [0.1, 0.15) is 10.4 Å². The van der Waals surface area contributed by atoms with E-state index in [9.17, 15) is 4.79 Å². The van der Waals surface area contributed by atoms with Gasteiger partial charge in [0, 0.05) is 25.4 Å². The van der Waals surface area contributed by atoms with E-state index in [-0.39, 0.29) is 5.78 Å². The number of hydrogen-bond donors (Lipinski definition) is 1. The van der Waals surface area contributed by atoms with Gasteiger partial charge in [0.25, 0.3) is 0 Å². The van der Waals surface area contributed by atoms with Crippen LogP contribution in [-0.4, -0.2) is 31.8 Å². The summed E-state index contributed by atoms with van der Waals surface area (Å²) in [4.78, 5) is 12.3. The van der Waals surface area contributed by atoms with Gasteiger partial charge in [0.15, 0.2) is 11.5 Å². The molecular weight excluding hydrogens is 242 g/mol.